The van der Waals surface area contributed by atoms with Gasteiger partial charge in [0.1, 0.15) is 0 Å². The fourth-order valence-corrected chi connectivity index (χ4v) is 1.37. The van der Waals surface area contributed by atoms with Crippen molar-refractivity contribution in [2.75, 3.05) is 0 Å². The summed E-state index contributed by atoms with van der Waals surface area (Å²) in [5.41, 5.74) is 4.93. The predicted molar refractivity (Wildman–Crippen MR) is 59.1 cm³/mol. The molecular formula is C12H12N2. The van der Waals surface area contributed by atoms with E-state index in [-0.39, 0.29) is 0 Å². The molecule has 2 aromatic rings. The number of fused-ring (bicyclic) bond motifs is 1. The summed E-state index contributed by atoms with van der Waals surface area (Å²) in [7, 11) is 0. The number of hydrogen-bond donors (Lipinski definition) is 0. The molecule has 2 nitrogen and oxygen atoms in total. The molecule has 0 aliphatic carbocycles. The quantitative estimate of drug-likeness (QED) is 0.681. The molecule has 0 aliphatic heterocycles. The number of aryl methyl sites for hydroxylation is 2. The minimum Gasteiger partial charge on any atom is -0.250 e. The van der Waals surface area contributed by atoms with Crippen LogP contribution in [-0.2, 0) is 0 Å². The second kappa shape index (κ2) is 3.22. The molecule has 0 spiro atoms. The fourth-order valence-electron chi connectivity index (χ4n) is 1.37. The van der Waals surface area contributed by atoms with Crippen LogP contribution in [0.25, 0.3) is 17.1 Å². The van der Waals surface area contributed by atoms with Gasteiger partial charge in [0.05, 0.1) is 22.4 Å². The van der Waals surface area contributed by atoms with Gasteiger partial charge < -0.3 is 0 Å². The number of rotatable bonds is 1. The third kappa shape index (κ3) is 1.39. The Balaban J connectivity index is 2.76. The average molecular weight is 184 g/mol. The zero-order valence-electron chi connectivity index (χ0n) is 8.41. The van der Waals surface area contributed by atoms with Crippen LogP contribution in [0.1, 0.15) is 17.0 Å². The summed E-state index contributed by atoms with van der Waals surface area (Å²) in [6, 6.07) is 5.98. The summed E-state index contributed by atoms with van der Waals surface area (Å²) < 4.78 is 0. The van der Waals surface area contributed by atoms with Crippen molar-refractivity contribution in [1.82, 2.24) is 9.97 Å². The third-order valence-electron chi connectivity index (χ3n) is 2.34. The molecule has 1 heterocycles. The fraction of sp³-hybridized carbons (Fsp3) is 0.167. The van der Waals surface area contributed by atoms with Gasteiger partial charge >= 0.3 is 0 Å². The Morgan fingerprint density at radius 2 is 1.71 bits per heavy atom. The summed E-state index contributed by atoms with van der Waals surface area (Å²) in [6.07, 6.45) is 1.82. The Morgan fingerprint density at radius 1 is 1.07 bits per heavy atom. The normalized spacial score (nSPS) is 10.4. The molecule has 0 unspecified atom stereocenters. The molecule has 0 aliphatic rings. The first kappa shape index (κ1) is 8.88. The molecule has 70 valence electrons. The monoisotopic (exact) mass is 184 g/mol. The number of aromatic nitrogens is 2. The van der Waals surface area contributed by atoms with E-state index in [1.165, 1.54) is 0 Å². The summed E-state index contributed by atoms with van der Waals surface area (Å²) in [5, 5.41) is 0. The summed E-state index contributed by atoms with van der Waals surface area (Å²) in [4.78, 5) is 8.93. The lowest BCUT2D eigenvalue weighted by molar-refractivity contribution is 1.10. The van der Waals surface area contributed by atoms with Crippen molar-refractivity contribution in [3.05, 3.63) is 41.7 Å². The van der Waals surface area contributed by atoms with E-state index in [2.05, 4.69) is 16.5 Å². The van der Waals surface area contributed by atoms with Crippen molar-refractivity contribution in [2.24, 2.45) is 0 Å². The first-order valence-electron chi connectivity index (χ1n) is 4.58. The van der Waals surface area contributed by atoms with Gasteiger partial charge in [-0.3, -0.25) is 0 Å². The summed E-state index contributed by atoms with van der Waals surface area (Å²) in [6.45, 7) is 7.68. The van der Waals surface area contributed by atoms with E-state index in [0.29, 0.717) is 0 Å². The highest BCUT2D eigenvalue weighted by atomic mass is 14.8. The number of nitrogens with zero attached hydrogens (tertiary/aromatic N) is 2. The molecule has 1 aromatic heterocycles. The van der Waals surface area contributed by atoms with E-state index in [1.54, 1.807) is 0 Å². The molecule has 0 fully saturated rings. The Morgan fingerprint density at radius 3 is 2.36 bits per heavy atom. The number of benzene rings is 1. The van der Waals surface area contributed by atoms with Crippen molar-refractivity contribution in [1.29, 1.82) is 0 Å². The lowest BCUT2D eigenvalue weighted by atomic mass is 10.2. The smallest absolute Gasteiger partial charge is 0.0896 e. The number of hydrogen-bond acceptors (Lipinski definition) is 2. The molecular weight excluding hydrogens is 172 g/mol. The topological polar surface area (TPSA) is 25.8 Å². The minimum atomic E-state index is 0.936. The largest absolute Gasteiger partial charge is 0.250 e. The van der Waals surface area contributed by atoms with Crippen molar-refractivity contribution < 1.29 is 0 Å². The molecule has 0 amide bonds. The second-order valence-corrected chi connectivity index (χ2v) is 3.35. The molecule has 14 heavy (non-hydrogen) atoms. The van der Waals surface area contributed by atoms with Crippen molar-refractivity contribution in [3.8, 4) is 0 Å². The van der Waals surface area contributed by atoms with Gasteiger partial charge in [-0.25, -0.2) is 9.97 Å². The maximum atomic E-state index is 4.47. The van der Waals surface area contributed by atoms with Crippen LogP contribution in [0.3, 0.4) is 0 Å². The van der Waals surface area contributed by atoms with Crippen LogP contribution in [0, 0.1) is 13.8 Å². The SMILES string of the molecule is C=Cc1ccc2nc(C)c(C)nc2c1. The van der Waals surface area contributed by atoms with Crippen LogP contribution in [0.15, 0.2) is 24.8 Å². The van der Waals surface area contributed by atoms with Gasteiger partial charge in [-0.05, 0) is 31.5 Å². The Hall–Kier alpha value is -1.70. The van der Waals surface area contributed by atoms with Gasteiger partial charge in [-0.2, -0.15) is 0 Å². The van der Waals surface area contributed by atoms with Gasteiger partial charge in [-0.1, -0.05) is 18.7 Å². The summed E-state index contributed by atoms with van der Waals surface area (Å²) >= 11 is 0. The average Bonchev–Trinajstić information content (AvgIpc) is 2.19. The van der Waals surface area contributed by atoms with Gasteiger partial charge in [0.2, 0.25) is 0 Å². The van der Waals surface area contributed by atoms with Crippen LogP contribution in [0.2, 0.25) is 0 Å². The van der Waals surface area contributed by atoms with Gasteiger partial charge in [0, 0.05) is 0 Å². The lowest BCUT2D eigenvalue weighted by Gasteiger charge is -2.02. The molecule has 0 atom stereocenters. The highest BCUT2D eigenvalue weighted by Crippen LogP contribution is 2.14. The third-order valence-corrected chi connectivity index (χ3v) is 2.34. The highest BCUT2D eigenvalue weighted by molar-refractivity contribution is 5.77. The Bertz CT molecular complexity index is 501. The molecule has 0 N–H and O–H groups in total. The molecule has 2 rings (SSSR count). The van der Waals surface area contributed by atoms with Crippen LogP contribution in [-0.4, -0.2) is 9.97 Å². The molecule has 2 heteroatoms. The zero-order chi connectivity index (χ0) is 10.1. The zero-order valence-corrected chi connectivity index (χ0v) is 8.41. The van der Waals surface area contributed by atoms with Crippen molar-refractivity contribution >= 4 is 17.1 Å². The Kier molecular flexibility index (Phi) is 2.04. The molecule has 0 radical (unpaired) electrons. The van der Waals surface area contributed by atoms with E-state index in [1.807, 2.05) is 38.1 Å². The van der Waals surface area contributed by atoms with E-state index >= 15 is 0 Å². The van der Waals surface area contributed by atoms with Crippen LogP contribution in [0.4, 0.5) is 0 Å². The molecule has 0 saturated carbocycles. The predicted octanol–water partition coefficient (Wildman–Crippen LogP) is 2.89. The van der Waals surface area contributed by atoms with E-state index in [0.717, 1.165) is 28.0 Å². The second-order valence-electron chi connectivity index (χ2n) is 3.35. The van der Waals surface area contributed by atoms with Crippen molar-refractivity contribution in [3.63, 3.8) is 0 Å². The van der Waals surface area contributed by atoms with Crippen LogP contribution < -0.4 is 0 Å². The first-order valence-corrected chi connectivity index (χ1v) is 4.58. The van der Waals surface area contributed by atoms with Crippen LogP contribution in [0.5, 0.6) is 0 Å². The first-order chi connectivity index (χ1) is 6.70. The Labute approximate surface area is 83.3 Å². The molecule has 0 saturated heterocycles. The maximum Gasteiger partial charge on any atom is 0.0896 e. The highest BCUT2D eigenvalue weighted by Gasteiger charge is 2.00. The van der Waals surface area contributed by atoms with Gasteiger partial charge in [0.25, 0.3) is 0 Å². The minimum absolute atomic E-state index is 0.936. The lowest BCUT2D eigenvalue weighted by Crippen LogP contribution is -1.93. The van der Waals surface area contributed by atoms with Crippen molar-refractivity contribution in [2.45, 2.75) is 13.8 Å². The van der Waals surface area contributed by atoms with E-state index < -0.39 is 0 Å². The van der Waals surface area contributed by atoms with Gasteiger partial charge in [0.15, 0.2) is 0 Å². The molecule has 1 aromatic carbocycles. The summed E-state index contributed by atoms with van der Waals surface area (Å²) in [5.74, 6) is 0. The molecule has 0 bridgehead atoms. The van der Waals surface area contributed by atoms with Crippen LogP contribution >= 0.6 is 0 Å². The maximum absolute atomic E-state index is 4.47. The van der Waals surface area contributed by atoms with E-state index in [4.69, 9.17) is 0 Å². The van der Waals surface area contributed by atoms with E-state index in [9.17, 15) is 0 Å². The van der Waals surface area contributed by atoms with Gasteiger partial charge in [-0.15, -0.1) is 0 Å². The standard InChI is InChI=1S/C12H12N2/c1-4-10-5-6-11-12(7-10)14-9(3)8(2)13-11/h4-7H,1H2,2-3H3.